The molecule has 0 saturated carbocycles. The highest BCUT2D eigenvalue weighted by Gasteiger charge is 2.54. The van der Waals surface area contributed by atoms with Crippen LogP contribution in [0, 0.1) is 0 Å². The Hall–Kier alpha value is -2.53. The Balaban J connectivity index is 1.80. The third-order valence-electron chi connectivity index (χ3n) is 4.30. The molecule has 0 aliphatic carbocycles. The van der Waals surface area contributed by atoms with Crippen molar-refractivity contribution in [1.29, 1.82) is 0 Å². The molecule has 1 saturated heterocycles. The number of thioether (sulfide) groups is 1. The number of esters is 2. The molecule has 3 rings (SSSR count). The van der Waals surface area contributed by atoms with E-state index in [9.17, 15) is 14.4 Å². The smallest absolute Gasteiger partial charge is 0.355 e. The van der Waals surface area contributed by atoms with Gasteiger partial charge in [0.05, 0.1) is 12.3 Å². The fraction of sp³-hybridized carbons (Fsp3) is 0.579. The molecule has 1 aromatic heterocycles. The zero-order valence-corrected chi connectivity index (χ0v) is 18.4. The number of methoxy groups -OCH3 is 1. The van der Waals surface area contributed by atoms with E-state index in [2.05, 4.69) is 15.3 Å². The first-order chi connectivity index (χ1) is 14.1. The number of carbonyl (C=O) groups is 3. The van der Waals surface area contributed by atoms with Crippen LogP contribution >= 0.6 is 11.8 Å². The monoisotopic (exact) mass is 438 g/mol. The highest BCUT2D eigenvalue weighted by atomic mass is 32.2. The van der Waals surface area contributed by atoms with Gasteiger partial charge in [-0.05, 0) is 20.8 Å². The Morgan fingerprint density at radius 1 is 1.37 bits per heavy atom. The lowest BCUT2D eigenvalue weighted by Crippen LogP contribution is -2.68. The van der Waals surface area contributed by atoms with Crippen LogP contribution < -0.4 is 5.32 Å². The molecule has 1 amide bonds. The lowest BCUT2D eigenvalue weighted by molar-refractivity contribution is -0.157. The molecule has 1 aromatic rings. The summed E-state index contributed by atoms with van der Waals surface area (Å²) in [6.07, 6.45) is 1.70. The van der Waals surface area contributed by atoms with Crippen LogP contribution in [0.4, 0.5) is 5.95 Å². The first-order valence-electron chi connectivity index (χ1n) is 9.44. The van der Waals surface area contributed by atoms with E-state index in [0.29, 0.717) is 29.6 Å². The van der Waals surface area contributed by atoms with Gasteiger partial charge in [0.15, 0.2) is 0 Å². The summed E-state index contributed by atoms with van der Waals surface area (Å²) in [6, 6.07) is -0.552. The second kappa shape index (κ2) is 8.68. The summed E-state index contributed by atoms with van der Waals surface area (Å²) in [4.78, 5) is 45.8. The lowest BCUT2D eigenvalue weighted by atomic mass is 10.0. The average molecular weight is 439 g/mol. The highest BCUT2D eigenvalue weighted by molar-refractivity contribution is 8.00. The van der Waals surface area contributed by atoms with Crippen LogP contribution in [0.25, 0.3) is 0 Å². The van der Waals surface area contributed by atoms with E-state index in [-0.39, 0.29) is 23.6 Å². The van der Waals surface area contributed by atoms with Gasteiger partial charge in [0, 0.05) is 31.6 Å². The summed E-state index contributed by atoms with van der Waals surface area (Å²) in [5.74, 6) is -0.464. The number of H-pyrrole nitrogens is 1. The van der Waals surface area contributed by atoms with Crippen molar-refractivity contribution in [3.8, 4) is 0 Å². The van der Waals surface area contributed by atoms with Gasteiger partial charge in [-0.2, -0.15) is 0 Å². The number of aromatic nitrogens is 2. The van der Waals surface area contributed by atoms with Gasteiger partial charge in [0.25, 0.3) is 5.91 Å². The number of hydrogen-bond donors (Lipinski definition) is 2. The Labute approximate surface area is 178 Å². The summed E-state index contributed by atoms with van der Waals surface area (Å²) in [7, 11) is 1.58. The van der Waals surface area contributed by atoms with Gasteiger partial charge in [-0.25, -0.2) is 9.78 Å². The Kier molecular flexibility index (Phi) is 6.41. The van der Waals surface area contributed by atoms with Crippen molar-refractivity contribution < 1.29 is 28.6 Å². The molecule has 0 radical (unpaired) electrons. The molecule has 2 atom stereocenters. The largest absolute Gasteiger partial charge is 0.461 e. The minimum absolute atomic E-state index is 0.0654. The summed E-state index contributed by atoms with van der Waals surface area (Å²) in [6.45, 7) is 6.84. The lowest BCUT2D eigenvalue weighted by Gasteiger charge is -2.49. The van der Waals surface area contributed by atoms with Gasteiger partial charge < -0.3 is 24.5 Å². The number of amides is 1. The summed E-state index contributed by atoms with van der Waals surface area (Å²) >= 11 is 1.48. The number of hydrogen-bond acceptors (Lipinski definition) is 9. The number of nitrogens with one attached hydrogen (secondary N) is 2. The Bertz CT molecular complexity index is 875. The van der Waals surface area contributed by atoms with Gasteiger partial charge in [0.2, 0.25) is 5.95 Å². The molecule has 164 valence electrons. The first kappa shape index (κ1) is 22.2. The second-order valence-corrected chi connectivity index (χ2v) is 9.04. The normalized spacial score (nSPS) is 21.1. The molecular formula is C19H26N4O6S. The van der Waals surface area contributed by atoms with Gasteiger partial charge in [0.1, 0.15) is 29.3 Å². The molecule has 2 N–H and O–H groups in total. The SMILES string of the molecule is COCc1c[nH]c(NC2C(=O)N3C(C(=O)OC(C)(C)C)=C(COC(C)=O)CS[C@@H]23)n1. The Morgan fingerprint density at radius 3 is 2.73 bits per heavy atom. The van der Waals surface area contributed by atoms with Crippen molar-refractivity contribution in [3.05, 3.63) is 23.2 Å². The number of nitrogens with zero attached hydrogens (tertiary/aromatic N) is 2. The Morgan fingerprint density at radius 2 is 2.10 bits per heavy atom. The predicted molar refractivity (Wildman–Crippen MR) is 109 cm³/mol. The van der Waals surface area contributed by atoms with Crippen molar-refractivity contribution in [1.82, 2.24) is 14.9 Å². The number of aromatic amines is 1. The van der Waals surface area contributed by atoms with E-state index in [0.717, 1.165) is 0 Å². The van der Waals surface area contributed by atoms with Crippen LogP contribution in [0.3, 0.4) is 0 Å². The molecule has 0 spiro atoms. The number of fused-ring (bicyclic) bond motifs is 1. The summed E-state index contributed by atoms with van der Waals surface area (Å²) in [5.41, 5.74) is 0.678. The average Bonchev–Trinajstić information content (AvgIpc) is 3.09. The van der Waals surface area contributed by atoms with Crippen molar-refractivity contribution in [2.24, 2.45) is 0 Å². The van der Waals surface area contributed by atoms with Crippen LogP contribution in [0.5, 0.6) is 0 Å². The zero-order chi connectivity index (χ0) is 22.1. The van der Waals surface area contributed by atoms with Crippen LogP contribution in [-0.4, -0.2) is 69.2 Å². The number of carbonyl (C=O) groups excluding carboxylic acids is 3. The van der Waals surface area contributed by atoms with Crippen molar-refractivity contribution in [2.75, 3.05) is 24.8 Å². The van der Waals surface area contributed by atoms with Gasteiger partial charge >= 0.3 is 11.9 Å². The molecule has 3 heterocycles. The molecule has 2 aliphatic rings. The maximum atomic E-state index is 12.9. The molecule has 10 nitrogen and oxygen atoms in total. The van der Waals surface area contributed by atoms with E-state index in [1.807, 2.05) is 0 Å². The van der Waals surface area contributed by atoms with E-state index in [1.54, 1.807) is 34.1 Å². The number of β-lactam (4-membered cyclic amide) rings is 1. The standard InChI is InChI=1S/C19H26N4O6S/c1-10(24)28-7-11-9-30-16-13(22-18-20-6-12(21-18)8-27-5)15(25)23(16)14(11)17(26)29-19(2,3)4/h6,13,16H,7-9H2,1-5H3,(H2,20,21,22)/t13?,16-/m0/s1. The van der Waals surface area contributed by atoms with Crippen molar-refractivity contribution in [3.63, 3.8) is 0 Å². The van der Waals surface area contributed by atoms with E-state index in [4.69, 9.17) is 14.2 Å². The maximum Gasteiger partial charge on any atom is 0.355 e. The zero-order valence-electron chi connectivity index (χ0n) is 17.6. The number of anilines is 1. The molecule has 11 heteroatoms. The highest BCUT2D eigenvalue weighted by Crippen LogP contribution is 2.42. The van der Waals surface area contributed by atoms with E-state index >= 15 is 0 Å². The first-order valence-corrected chi connectivity index (χ1v) is 10.5. The van der Waals surface area contributed by atoms with Crippen molar-refractivity contribution in [2.45, 2.75) is 51.3 Å². The van der Waals surface area contributed by atoms with E-state index < -0.39 is 23.6 Å². The van der Waals surface area contributed by atoms with Gasteiger partial charge in [-0.15, -0.1) is 11.8 Å². The molecule has 30 heavy (non-hydrogen) atoms. The third-order valence-corrected chi connectivity index (χ3v) is 5.64. The molecule has 0 aromatic carbocycles. The molecule has 1 unspecified atom stereocenters. The quantitative estimate of drug-likeness (QED) is 0.480. The van der Waals surface area contributed by atoms with Gasteiger partial charge in [-0.1, -0.05) is 0 Å². The van der Waals surface area contributed by atoms with Crippen molar-refractivity contribution >= 4 is 35.6 Å². The van der Waals surface area contributed by atoms with Crippen LogP contribution in [0.1, 0.15) is 33.4 Å². The fourth-order valence-corrected chi connectivity index (χ4v) is 4.43. The number of ether oxygens (including phenoxy) is 3. The minimum Gasteiger partial charge on any atom is -0.461 e. The predicted octanol–water partition coefficient (Wildman–Crippen LogP) is 1.41. The van der Waals surface area contributed by atoms with Crippen LogP contribution in [-0.2, 0) is 35.2 Å². The molecule has 0 bridgehead atoms. The summed E-state index contributed by atoms with van der Waals surface area (Å²) in [5, 5.41) is 2.78. The minimum atomic E-state index is -0.728. The topological polar surface area (TPSA) is 123 Å². The third kappa shape index (κ3) is 4.78. The second-order valence-electron chi connectivity index (χ2n) is 7.94. The van der Waals surface area contributed by atoms with Crippen LogP contribution in [0.15, 0.2) is 17.5 Å². The summed E-state index contributed by atoms with van der Waals surface area (Å²) < 4.78 is 15.6. The number of rotatable bonds is 7. The number of imidazole rings is 1. The van der Waals surface area contributed by atoms with Gasteiger partial charge in [-0.3, -0.25) is 14.5 Å². The molecule has 1 fully saturated rings. The van der Waals surface area contributed by atoms with E-state index in [1.165, 1.54) is 23.6 Å². The maximum absolute atomic E-state index is 12.9. The molecule has 2 aliphatic heterocycles. The molecular weight excluding hydrogens is 412 g/mol. The van der Waals surface area contributed by atoms with Crippen LogP contribution in [0.2, 0.25) is 0 Å². The fourth-order valence-electron chi connectivity index (χ4n) is 3.10.